The van der Waals surface area contributed by atoms with Crippen LogP contribution in [0.1, 0.15) is 33.4 Å². The molecule has 23 heavy (non-hydrogen) atoms. The second kappa shape index (κ2) is 6.51. The normalized spacial score (nSPS) is 14.8. The van der Waals surface area contributed by atoms with E-state index in [9.17, 15) is 14.7 Å². The Hall–Kier alpha value is -2.19. The molecule has 0 spiro atoms. The second-order valence-electron chi connectivity index (χ2n) is 5.00. The predicted octanol–water partition coefficient (Wildman–Crippen LogP) is 2.07. The van der Waals surface area contributed by atoms with Gasteiger partial charge in [0, 0.05) is 10.9 Å². The smallest absolute Gasteiger partial charge is 0.330 e. The van der Waals surface area contributed by atoms with Crippen LogP contribution in [0.4, 0.5) is 0 Å². The number of fused-ring (bicyclic) bond motifs is 1. The van der Waals surface area contributed by atoms with Gasteiger partial charge >= 0.3 is 5.97 Å². The lowest BCUT2D eigenvalue weighted by molar-refractivity contribution is -0.139. The Morgan fingerprint density at radius 3 is 2.87 bits per heavy atom. The molecular weight excluding hydrogens is 368 g/mol. The van der Waals surface area contributed by atoms with E-state index in [4.69, 9.17) is 9.26 Å². The van der Waals surface area contributed by atoms with Crippen molar-refractivity contribution in [2.75, 3.05) is 6.61 Å². The van der Waals surface area contributed by atoms with Crippen LogP contribution in [0.2, 0.25) is 0 Å². The van der Waals surface area contributed by atoms with Crippen molar-refractivity contribution in [2.45, 2.75) is 19.1 Å². The van der Waals surface area contributed by atoms with Gasteiger partial charge in [-0.3, -0.25) is 4.79 Å². The average molecular weight is 381 g/mol. The first-order chi connectivity index (χ1) is 11.1. The third-order valence-corrected chi connectivity index (χ3v) is 4.27. The van der Waals surface area contributed by atoms with Crippen LogP contribution in [0, 0.1) is 0 Å². The fourth-order valence-electron chi connectivity index (χ4n) is 2.39. The van der Waals surface area contributed by atoms with Crippen molar-refractivity contribution >= 4 is 27.8 Å². The molecular formula is C15H13BrN2O5. The van der Waals surface area contributed by atoms with Crippen LogP contribution in [0.15, 0.2) is 33.3 Å². The van der Waals surface area contributed by atoms with Gasteiger partial charge in [0.1, 0.15) is 5.76 Å². The van der Waals surface area contributed by atoms with Gasteiger partial charge in [-0.25, -0.2) is 4.79 Å². The summed E-state index contributed by atoms with van der Waals surface area (Å²) in [7, 11) is 0. The quantitative estimate of drug-likeness (QED) is 0.841. The summed E-state index contributed by atoms with van der Waals surface area (Å²) >= 11 is 3.30. The van der Waals surface area contributed by atoms with Gasteiger partial charge in [0.25, 0.3) is 5.91 Å². The predicted molar refractivity (Wildman–Crippen MR) is 81.8 cm³/mol. The molecule has 1 aromatic heterocycles. The van der Waals surface area contributed by atoms with Crippen molar-refractivity contribution in [3.8, 4) is 0 Å². The Labute approximate surface area is 139 Å². The SMILES string of the molecule is O=C(NC(C(=O)O)c1ccccc1Br)c1noc2c1COCC2. The molecule has 2 N–H and O–H groups in total. The number of carboxylic acids is 1. The fraction of sp³-hybridized carbons (Fsp3) is 0.267. The highest BCUT2D eigenvalue weighted by atomic mass is 79.9. The molecule has 0 saturated heterocycles. The number of hydrogen-bond acceptors (Lipinski definition) is 5. The van der Waals surface area contributed by atoms with Gasteiger partial charge in [-0.2, -0.15) is 0 Å². The summed E-state index contributed by atoms with van der Waals surface area (Å²) in [6, 6.07) is 5.61. The van der Waals surface area contributed by atoms with E-state index in [1.807, 2.05) is 0 Å². The van der Waals surface area contributed by atoms with E-state index < -0.39 is 17.9 Å². The van der Waals surface area contributed by atoms with Crippen LogP contribution in [0.3, 0.4) is 0 Å². The van der Waals surface area contributed by atoms with E-state index in [0.717, 1.165) is 0 Å². The van der Waals surface area contributed by atoms with Crippen LogP contribution in [-0.2, 0) is 22.6 Å². The molecule has 0 saturated carbocycles. The zero-order chi connectivity index (χ0) is 16.4. The summed E-state index contributed by atoms with van der Waals surface area (Å²) < 4.78 is 11.0. The monoisotopic (exact) mass is 380 g/mol. The van der Waals surface area contributed by atoms with Gasteiger partial charge in [0.15, 0.2) is 11.7 Å². The number of rotatable bonds is 4. The highest BCUT2D eigenvalue weighted by molar-refractivity contribution is 9.10. The molecule has 0 aliphatic carbocycles. The van der Waals surface area contributed by atoms with E-state index in [-0.39, 0.29) is 12.3 Å². The molecule has 1 unspecified atom stereocenters. The van der Waals surface area contributed by atoms with E-state index in [2.05, 4.69) is 26.4 Å². The maximum Gasteiger partial charge on any atom is 0.330 e. The number of amides is 1. The molecule has 2 aromatic rings. The highest BCUT2D eigenvalue weighted by Gasteiger charge is 2.29. The number of halogens is 1. The minimum Gasteiger partial charge on any atom is -0.479 e. The molecule has 0 bridgehead atoms. The summed E-state index contributed by atoms with van der Waals surface area (Å²) in [5.74, 6) is -1.17. The Bertz CT molecular complexity index is 758. The van der Waals surface area contributed by atoms with Crippen LogP contribution >= 0.6 is 15.9 Å². The number of carbonyl (C=O) groups is 2. The minimum atomic E-state index is -1.20. The summed E-state index contributed by atoms with van der Waals surface area (Å²) in [4.78, 5) is 24.0. The standard InChI is InChI=1S/C15H13BrN2O5/c16-10-4-2-1-3-8(10)13(15(20)21)17-14(19)12-9-7-22-6-5-11(9)23-18-12/h1-4,13H,5-7H2,(H,17,19)(H,20,21). The Morgan fingerprint density at radius 2 is 2.13 bits per heavy atom. The second-order valence-corrected chi connectivity index (χ2v) is 5.86. The number of nitrogens with one attached hydrogen (secondary N) is 1. The summed E-state index contributed by atoms with van der Waals surface area (Å²) in [6.45, 7) is 0.742. The van der Waals surface area contributed by atoms with E-state index >= 15 is 0 Å². The number of carboxylic acid groups (broad SMARTS) is 1. The van der Waals surface area contributed by atoms with E-state index in [1.54, 1.807) is 24.3 Å². The van der Waals surface area contributed by atoms with Crippen molar-refractivity contribution in [1.82, 2.24) is 10.5 Å². The minimum absolute atomic E-state index is 0.0676. The molecule has 7 nitrogen and oxygen atoms in total. The Balaban J connectivity index is 1.86. The summed E-state index contributed by atoms with van der Waals surface area (Å²) in [5.41, 5.74) is 1.09. The summed E-state index contributed by atoms with van der Waals surface area (Å²) in [5, 5.41) is 15.7. The number of hydrogen-bond donors (Lipinski definition) is 2. The number of ether oxygens (including phenoxy) is 1. The lowest BCUT2D eigenvalue weighted by atomic mass is 10.1. The van der Waals surface area contributed by atoms with Crippen molar-refractivity contribution in [3.05, 3.63) is 51.3 Å². The maximum atomic E-state index is 12.4. The van der Waals surface area contributed by atoms with E-state index in [1.165, 1.54) is 0 Å². The molecule has 2 heterocycles. The molecule has 3 rings (SSSR count). The fourth-order valence-corrected chi connectivity index (χ4v) is 2.90. The van der Waals surface area contributed by atoms with Gasteiger partial charge in [-0.1, -0.05) is 39.3 Å². The molecule has 120 valence electrons. The van der Waals surface area contributed by atoms with Crippen molar-refractivity contribution < 1.29 is 24.0 Å². The van der Waals surface area contributed by atoms with Crippen LogP contribution in [0.25, 0.3) is 0 Å². The number of nitrogens with zero attached hydrogens (tertiary/aromatic N) is 1. The first kappa shape index (κ1) is 15.7. The highest BCUT2D eigenvalue weighted by Crippen LogP contribution is 2.25. The van der Waals surface area contributed by atoms with Crippen molar-refractivity contribution in [3.63, 3.8) is 0 Å². The average Bonchev–Trinajstić information content (AvgIpc) is 2.97. The summed E-state index contributed by atoms with van der Waals surface area (Å²) in [6.07, 6.45) is 0.544. The molecule has 1 aromatic carbocycles. The number of aromatic nitrogens is 1. The van der Waals surface area contributed by atoms with Gasteiger partial charge < -0.3 is 19.7 Å². The van der Waals surface area contributed by atoms with Crippen LogP contribution in [-0.4, -0.2) is 28.7 Å². The maximum absolute atomic E-state index is 12.4. The van der Waals surface area contributed by atoms with Gasteiger partial charge in [0.2, 0.25) is 0 Å². The molecule has 1 amide bonds. The lowest BCUT2D eigenvalue weighted by Crippen LogP contribution is -2.34. The number of carbonyl (C=O) groups excluding carboxylic acids is 1. The Morgan fingerprint density at radius 1 is 1.35 bits per heavy atom. The zero-order valence-corrected chi connectivity index (χ0v) is 13.5. The molecule has 1 aliphatic rings. The first-order valence-corrected chi connectivity index (χ1v) is 7.70. The third-order valence-electron chi connectivity index (χ3n) is 3.54. The third kappa shape index (κ3) is 3.13. The van der Waals surface area contributed by atoms with Gasteiger partial charge in [0.05, 0.1) is 18.8 Å². The molecule has 1 aliphatic heterocycles. The first-order valence-electron chi connectivity index (χ1n) is 6.91. The van der Waals surface area contributed by atoms with Crippen LogP contribution in [0.5, 0.6) is 0 Å². The van der Waals surface area contributed by atoms with E-state index in [0.29, 0.717) is 34.4 Å². The van der Waals surface area contributed by atoms with Crippen molar-refractivity contribution in [1.29, 1.82) is 0 Å². The lowest BCUT2D eigenvalue weighted by Gasteiger charge is -2.16. The largest absolute Gasteiger partial charge is 0.479 e. The molecule has 0 fully saturated rings. The van der Waals surface area contributed by atoms with Gasteiger partial charge in [-0.15, -0.1) is 0 Å². The molecule has 1 atom stereocenters. The number of aliphatic carboxylic acids is 1. The van der Waals surface area contributed by atoms with Crippen molar-refractivity contribution in [2.24, 2.45) is 0 Å². The Kier molecular flexibility index (Phi) is 4.44. The van der Waals surface area contributed by atoms with Crippen LogP contribution < -0.4 is 5.32 Å². The molecule has 8 heteroatoms. The number of benzene rings is 1. The topological polar surface area (TPSA) is 102 Å². The molecule has 0 radical (unpaired) electrons. The zero-order valence-electron chi connectivity index (χ0n) is 11.9. The van der Waals surface area contributed by atoms with Gasteiger partial charge in [-0.05, 0) is 11.6 Å².